The van der Waals surface area contributed by atoms with E-state index in [1.807, 2.05) is 0 Å². The summed E-state index contributed by atoms with van der Waals surface area (Å²) in [6, 6.07) is 20.1. The molecule has 1 heterocycles. The summed E-state index contributed by atoms with van der Waals surface area (Å²) in [6.07, 6.45) is 0. The zero-order valence-electron chi connectivity index (χ0n) is 13.3. The van der Waals surface area contributed by atoms with Gasteiger partial charge in [0.15, 0.2) is 0 Å². The Morgan fingerprint density at radius 1 is 0.846 bits per heavy atom. The average Bonchev–Trinajstić information content (AvgIpc) is 2.65. The second kappa shape index (κ2) is 6.77. The van der Waals surface area contributed by atoms with Crippen LogP contribution in [0.4, 0.5) is 0 Å². The van der Waals surface area contributed by atoms with E-state index in [0.29, 0.717) is 17.1 Å². The Morgan fingerprint density at radius 3 is 2.00 bits per heavy atom. The molecule has 130 valence electrons. The summed E-state index contributed by atoms with van der Waals surface area (Å²) in [5, 5.41) is 0.445. The van der Waals surface area contributed by atoms with E-state index in [9.17, 15) is 13.2 Å². The molecule has 0 amide bonds. The van der Waals surface area contributed by atoms with Crippen LogP contribution in [0.5, 0.6) is 0 Å². The minimum atomic E-state index is -3.60. The molecule has 1 aliphatic rings. The maximum absolute atomic E-state index is 12.9. The van der Waals surface area contributed by atoms with Crippen molar-refractivity contribution in [2.75, 3.05) is 0 Å². The molecular formula is C19H12BiClO4S. The van der Waals surface area contributed by atoms with E-state index in [4.69, 9.17) is 14.4 Å². The van der Waals surface area contributed by atoms with Crippen molar-refractivity contribution in [1.82, 2.24) is 0 Å². The SMILES string of the molecule is O=C([O][Bi]1[c]2ccccc2S(=O)(=O)c2cccc[c]21)c1cccc(Cl)c1. The molecule has 1 aliphatic heterocycles. The van der Waals surface area contributed by atoms with Gasteiger partial charge >= 0.3 is 165 Å². The Balaban J connectivity index is 1.83. The molecule has 7 heteroatoms. The fourth-order valence-electron chi connectivity index (χ4n) is 2.80. The molecule has 0 aromatic heterocycles. The third-order valence-electron chi connectivity index (χ3n) is 3.98. The number of benzene rings is 3. The van der Waals surface area contributed by atoms with Gasteiger partial charge in [-0.2, -0.15) is 0 Å². The van der Waals surface area contributed by atoms with Crippen molar-refractivity contribution in [3.8, 4) is 0 Å². The van der Waals surface area contributed by atoms with Crippen molar-refractivity contribution in [2.45, 2.75) is 9.79 Å². The first-order valence-electron chi connectivity index (χ1n) is 7.69. The molecule has 0 saturated carbocycles. The number of hydrogen-bond donors (Lipinski definition) is 0. The molecule has 3 aromatic rings. The Hall–Kier alpha value is -1.75. The zero-order chi connectivity index (χ0) is 18.3. The molecule has 0 radical (unpaired) electrons. The minimum absolute atomic E-state index is 0.246. The van der Waals surface area contributed by atoms with E-state index in [1.54, 1.807) is 72.8 Å². The van der Waals surface area contributed by atoms with Gasteiger partial charge < -0.3 is 0 Å². The van der Waals surface area contributed by atoms with Crippen LogP contribution in [0, 0.1) is 0 Å². The molecule has 0 N–H and O–H groups in total. The second-order valence-corrected chi connectivity index (χ2v) is 14.7. The normalized spacial score (nSPS) is 15.0. The van der Waals surface area contributed by atoms with Gasteiger partial charge in [0.1, 0.15) is 0 Å². The van der Waals surface area contributed by atoms with Crippen LogP contribution in [0.3, 0.4) is 0 Å². The summed E-state index contributed by atoms with van der Waals surface area (Å²) in [5.41, 5.74) is 0.357. The van der Waals surface area contributed by atoms with Crippen LogP contribution in [-0.4, -0.2) is 36.6 Å². The summed E-state index contributed by atoms with van der Waals surface area (Å²) in [4.78, 5) is 13.2. The topological polar surface area (TPSA) is 60.4 Å². The van der Waals surface area contributed by atoms with Crippen molar-refractivity contribution in [3.63, 3.8) is 0 Å². The number of hydrogen-bond acceptors (Lipinski definition) is 4. The van der Waals surface area contributed by atoms with Crippen LogP contribution in [0.1, 0.15) is 10.4 Å². The number of rotatable bonds is 2. The Morgan fingerprint density at radius 2 is 1.42 bits per heavy atom. The maximum atomic E-state index is 12.9. The molecule has 0 aliphatic carbocycles. The predicted octanol–water partition coefficient (Wildman–Crippen LogP) is 2.45. The van der Waals surface area contributed by atoms with Crippen LogP contribution >= 0.6 is 11.6 Å². The fraction of sp³-hybridized carbons (Fsp3) is 0. The van der Waals surface area contributed by atoms with Crippen molar-refractivity contribution in [1.29, 1.82) is 0 Å². The summed E-state index contributed by atoms with van der Waals surface area (Å²) < 4.78 is 33.1. The molecule has 0 bridgehead atoms. The van der Waals surface area contributed by atoms with E-state index in [-0.39, 0.29) is 9.79 Å². The van der Waals surface area contributed by atoms with Crippen molar-refractivity contribution in [3.05, 3.63) is 83.4 Å². The van der Waals surface area contributed by atoms with Gasteiger partial charge in [0.25, 0.3) is 0 Å². The first kappa shape index (κ1) is 17.7. The van der Waals surface area contributed by atoms with Crippen LogP contribution in [0.15, 0.2) is 82.6 Å². The molecule has 4 nitrogen and oxygen atoms in total. The molecule has 3 aromatic carbocycles. The number of halogens is 1. The first-order chi connectivity index (χ1) is 12.5. The Kier molecular flexibility index (Phi) is 4.59. The third kappa shape index (κ3) is 2.96. The summed E-state index contributed by atoms with van der Waals surface area (Å²) in [7, 11) is -3.60. The van der Waals surface area contributed by atoms with E-state index in [1.165, 1.54) is 0 Å². The zero-order valence-corrected chi connectivity index (χ0v) is 18.3. The molecule has 0 saturated heterocycles. The molecule has 0 unspecified atom stereocenters. The van der Waals surface area contributed by atoms with Crippen molar-refractivity contribution >= 4 is 56.1 Å². The quantitative estimate of drug-likeness (QED) is 0.437. The monoisotopic (exact) mass is 580 g/mol. The standard InChI is InChI=1S/C12H8O2S.C7H5ClO2.Bi/c13-15(14,11-7-3-1-4-8-11)12-9-5-2-6-10-12;8-6-3-1-2-5(4-6)7(9)10;/h1-7,9H;1-4H,(H,9,10);/q;;+1/p-1. The number of carbonyl (C=O) groups excluding carboxylic acids is 1. The van der Waals surface area contributed by atoms with Gasteiger partial charge in [-0.3, -0.25) is 0 Å². The number of sulfone groups is 1. The summed E-state index contributed by atoms with van der Waals surface area (Å²) >= 11 is 2.64. The van der Waals surface area contributed by atoms with Crippen molar-refractivity contribution < 1.29 is 16.0 Å². The van der Waals surface area contributed by atoms with E-state index >= 15 is 0 Å². The predicted molar refractivity (Wildman–Crippen MR) is 100 cm³/mol. The third-order valence-corrected chi connectivity index (χ3v) is 15.1. The molecule has 0 spiro atoms. The first-order valence-corrected chi connectivity index (χ1v) is 14.5. The molecule has 0 fully saturated rings. The van der Waals surface area contributed by atoms with Crippen molar-refractivity contribution in [2.24, 2.45) is 0 Å². The fourth-order valence-corrected chi connectivity index (χ4v) is 15.4. The van der Waals surface area contributed by atoms with E-state index < -0.39 is 38.0 Å². The van der Waals surface area contributed by atoms with Crippen LogP contribution in [0.2, 0.25) is 5.02 Å². The average molecular weight is 581 g/mol. The van der Waals surface area contributed by atoms with Crippen LogP contribution in [-0.2, 0) is 12.7 Å². The van der Waals surface area contributed by atoms with Crippen LogP contribution in [0.25, 0.3) is 0 Å². The van der Waals surface area contributed by atoms with Gasteiger partial charge in [-0.1, -0.05) is 0 Å². The van der Waals surface area contributed by atoms with Gasteiger partial charge in [0, 0.05) is 0 Å². The molecular weight excluding hydrogens is 569 g/mol. The summed E-state index contributed by atoms with van der Waals surface area (Å²) in [5.74, 6) is -0.478. The van der Waals surface area contributed by atoms with E-state index in [0.717, 1.165) is 0 Å². The van der Waals surface area contributed by atoms with Gasteiger partial charge in [-0.25, -0.2) is 0 Å². The van der Waals surface area contributed by atoms with Gasteiger partial charge in [0.05, 0.1) is 0 Å². The molecule has 4 rings (SSSR count). The number of carbonyl (C=O) groups is 1. The van der Waals surface area contributed by atoms with Gasteiger partial charge in [-0.05, 0) is 0 Å². The van der Waals surface area contributed by atoms with E-state index in [2.05, 4.69) is 0 Å². The second-order valence-electron chi connectivity index (χ2n) is 5.62. The summed E-state index contributed by atoms with van der Waals surface area (Å²) in [6.45, 7) is 0. The Labute approximate surface area is 164 Å². The molecule has 0 atom stereocenters. The Bertz CT molecular complexity index is 1070. The van der Waals surface area contributed by atoms with Crippen LogP contribution < -0.4 is 6.54 Å². The van der Waals surface area contributed by atoms with Gasteiger partial charge in [-0.15, -0.1) is 0 Å². The number of fused-ring (bicyclic) bond motifs is 2. The molecule has 26 heavy (non-hydrogen) atoms. The van der Waals surface area contributed by atoms with Gasteiger partial charge in [0.2, 0.25) is 0 Å².